The van der Waals surface area contributed by atoms with Crippen LogP contribution in [0.4, 0.5) is 5.69 Å². The summed E-state index contributed by atoms with van der Waals surface area (Å²) in [5.74, 6) is 0.168. The van der Waals surface area contributed by atoms with Crippen LogP contribution in [0.1, 0.15) is 6.42 Å². The molecular formula is C11H15BrN2O2S2. The molecule has 1 aromatic carbocycles. The van der Waals surface area contributed by atoms with E-state index in [9.17, 15) is 8.42 Å². The molecular weight excluding hydrogens is 336 g/mol. The van der Waals surface area contributed by atoms with E-state index in [2.05, 4.69) is 26.6 Å². The molecule has 0 saturated carbocycles. The molecule has 100 valence electrons. The maximum atomic E-state index is 10.9. The fourth-order valence-corrected chi connectivity index (χ4v) is 2.40. The summed E-state index contributed by atoms with van der Waals surface area (Å²) in [4.78, 5) is 0. The van der Waals surface area contributed by atoms with Crippen LogP contribution in [0, 0.1) is 0 Å². The first-order valence-corrected chi connectivity index (χ1v) is 8.61. The molecule has 0 radical (unpaired) electrons. The van der Waals surface area contributed by atoms with E-state index in [4.69, 9.17) is 12.2 Å². The van der Waals surface area contributed by atoms with Crippen LogP contribution in [-0.4, -0.2) is 32.1 Å². The minimum Gasteiger partial charge on any atom is -0.362 e. The fraction of sp³-hybridized carbons (Fsp3) is 0.364. The highest BCUT2D eigenvalue weighted by Gasteiger charge is 2.02. The van der Waals surface area contributed by atoms with Gasteiger partial charge in [-0.1, -0.05) is 15.9 Å². The molecule has 0 heterocycles. The van der Waals surface area contributed by atoms with Crippen molar-refractivity contribution in [2.45, 2.75) is 6.42 Å². The van der Waals surface area contributed by atoms with Crippen molar-refractivity contribution in [3.8, 4) is 0 Å². The molecule has 18 heavy (non-hydrogen) atoms. The van der Waals surface area contributed by atoms with Gasteiger partial charge in [0.25, 0.3) is 0 Å². The number of sulfone groups is 1. The normalized spacial score (nSPS) is 11.0. The van der Waals surface area contributed by atoms with Crippen molar-refractivity contribution in [2.75, 3.05) is 23.9 Å². The molecule has 0 aromatic heterocycles. The van der Waals surface area contributed by atoms with E-state index in [0.29, 0.717) is 18.1 Å². The SMILES string of the molecule is CS(=O)(=O)CCCNC(=S)Nc1ccc(Br)cc1. The van der Waals surface area contributed by atoms with Gasteiger partial charge in [0.1, 0.15) is 9.84 Å². The predicted octanol–water partition coefficient (Wildman–Crippen LogP) is 2.17. The number of rotatable bonds is 5. The van der Waals surface area contributed by atoms with Gasteiger partial charge >= 0.3 is 0 Å². The molecule has 0 fully saturated rings. The van der Waals surface area contributed by atoms with E-state index in [-0.39, 0.29) is 5.75 Å². The molecule has 0 aliphatic carbocycles. The molecule has 7 heteroatoms. The van der Waals surface area contributed by atoms with Crippen LogP contribution < -0.4 is 10.6 Å². The number of halogens is 1. The Balaban J connectivity index is 2.28. The molecule has 2 N–H and O–H groups in total. The largest absolute Gasteiger partial charge is 0.362 e. The standard InChI is InChI=1S/C11H15BrN2O2S2/c1-18(15,16)8-2-7-13-11(17)14-10-5-3-9(12)4-6-10/h3-6H,2,7-8H2,1H3,(H2,13,14,17). The van der Waals surface area contributed by atoms with Gasteiger partial charge in [0, 0.05) is 23.0 Å². The van der Waals surface area contributed by atoms with E-state index < -0.39 is 9.84 Å². The summed E-state index contributed by atoms with van der Waals surface area (Å²) in [6.45, 7) is 0.537. The van der Waals surface area contributed by atoms with Gasteiger partial charge in [-0.15, -0.1) is 0 Å². The van der Waals surface area contributed by atoms with Crippen molar-refractivity contribution in [1.29, 1.82) is 0 Å². The molecule has 0 aliphatic rings. The molecule has 1 aromatic rings. The second kappa shape index (κ2) is 7.06. The van der Waals surface area contributed by atoms with Gasteiger partial charge in [-0.05, 0) is 42.9 Å². The first-order chi connectivity index (χ1) is 8.37. The zero-order chi connectivity index (χ0) is 13.6. The summed E-state index contributed by atoms with van der Waals surface area (Å²) in [5.41, 5.74) is 0.888. The first-order valence-electron chi connectivity index (χ1n) is 5.35. The summed E-state index contributed by atoms with van der Waals surface area (Å²) in [7, 11) is -2.89. The van der Waals surface area contributed by atoms with E-state index in [1.165, 1.54) is 6.26 Å². The quantitative estimate of drug-likeness (QED) is 0.629. The Morgan fingerprint density at radius 1 is 1.33 bits per heavy atom. The predicted molar refractivity (Wildman–Crippen MR) is 82.7 cm³/mol. The van der Waals surface area contributed by atoms with E-state index >= 15 is 0 Å². The van der Waals surface area contributed by atoms with Crippen molar-refractivity contribution < 1.29 is 8.42 Å². The molecule has 0 saturated heterocycles. The molecule has 0 bridgehead atoms. The number of hydrogen-bond donors (Lipinski definition) is 2. The zero-order valence-corrected chi connectivity index (χ0v) is 13.2. The Labute approximate surface area is 121 Å². The van der Waals surface area contributed by atoms with Crippen LogP contribution in [-0.2, 0) is 9.84 Å². The summed E-state index contributed by atoms with van der Waals surface area (Å²) in [6, 6.07) is 7.62. The Bertz CT molecular complexity index is 500. The minimum absolute atomic E-state index is 0.168. The molecule has 4 nitrogen and oxygen atoms in total. The Hall–Kier alpha value is -0.660. The van der Waals surface area contributed by atoms with Gasteiger partial charge in [0.15, 0.2) is 5.11 Å². The Morgan fingerprint density at radius 2 is 1.94 bits per heavy atom. The maximum absolute atomic E-state index is 10.9. The third kappa shape index (κ3) is 6.93. The third-order valence-corrected chi connectivity index (χ3v) is 3.88. The van der Waals surface area contributed by atoms with Crippen LogP contribution in [0.15, 0.2) is 28.7 Å². The van der Waals surface area contributed by atoms with E-state index in [0.717, 1.165) is 10.2 Å². The second-order valence-electron chi connectivity index (χ2n) is 3.87. The van der Waals surface area contributed by atoms with Crippen molar-refractivity contribution in [1.82, 2.24) is 5.32 Å². The number of thiocarbonyl (C=S) groups is 1. The monoisotopic (exact) mass is 350 g/mol. The van der Waals surface area contributed by atoms with Gasteiger partial charge in [-0.3, -0.25) is 0 Å². The highest BCUT2D eigenvalue weighted by molar-refractivity contribution is 9.10. The van der Waals surface area contributed by atoms with E-state index in [1.807, 2.05) is 24.3 Å². The third-order valence-electron chi connectivity index (χ3n) is 2.08. The topological polar surface area (TPSA) is 58.2 Å². The Morgan fingerprint density at radius 3 is 2.50 bits per heavy atom. The van der Waals surface area contributed by atoms with E-state index in [1.54, 1.807) is 0 Å². The van der Waals surface area contributed by atoms with Gasteiger partial charge in [-0.25, -0.2) is 8.42 Å². The smallest absolute Gasteiger partial charge is 0.170 e. The molecule has 0 atom stereocenters. The summed E-state index contributed by atoms with van der Waals surface area (Å²) < 4.78 is 22.8. The van der Waals surface area contributed by atoms with Crippen molar-refractivity contribution in [2.24, 2.45) is 0 Å². The fourth-order valence-electron chi connectivity index (χ4n) is 1.24. The molecule has 0 aliphatic heterocycles. The van der Waals surface area contributed by atoms with Gasteiger partial charge in [0.05, 0.1) is 5.75 Å². The minimum atomic E-state index is -2.89. The van der Waals surface area contributed by atoms with Gasteiger partial charge in [-0.2, -0.15) is 0 Å². The average molecular weight is 351 g/mol. The maximum Gasteiger partial charge on any atom is 0.170 e. The Kier molecular flexibility index (Phi) is 6.04. The number of nitrogens with one attached hydrogen (secondary N) is 2. The molecule has 0 spiro atoms. The van der Waals surface area contributed by atoms with Gasteiger partial charge in [0.2, 0.25) is 0 Å². The van der Waals surface area contributed by atoms with Gasteiger partial charge < -0.3 is 10.6 Å². The summed E-state index contributed by atoms with van der Waals surface area (Å²) in [5, 5.41) is 6.47. The van der Waals surface area contributed by atoms with Crippen LogP contribution in [0.25, 0.3) is 0 Å². The summed E-state index contributed by atoms with van der Waals surface area (Å²) in [6.07, 6.45) is 1.77. The lowest BCUT2D eigenvalue weighted by molar-refractivity contribution is 0.598. The van der Waals surface area contributed by atoms with Crippen LogP contribution in [0.3, 0.4) is 0 Å². The number of benzene rings is 1. The molecule has 1 rings (SSSR count). The number of hydrogen-bond acceptors (Lipinski definition) is 3. The lowest BCUT2D eigenvalue weighted by Crippen LogP contribution is -2.30. The van der Waals surface area contributed by atoms with Crippen molar-refractivity contribution in [3.05, 3.63) is 28.7 Å². The first kappa shape index (κ1) is 15.4. The number of anilines is 1. The average Bonchev–Trinajstić information content (AvgIpc) is 2.26. The van der Waals surface area contributed by atoms with Crippen LogP contribution in [0.2, 0.25) is 0 Å². The lowest BCUT2D eigenvalue weighted by Gasteiger charge is -2.10. The highest BCUT2D eigenvalue weighted by Crippen LogP contribution is 2.13. The molecule has 0 amide bonds. The van der Waals surface area contributed by atoms with Crippen LogP contribution in [0.5, 0.6) is 0 Å². The van der Waals surface area contributed by atoms with Crippen molar-refractivity contribution >= 4 is 48.8 Å². The molecule has 0 unspecified atom stereocenters. The second-order valence-corrected chi connectivity index (χ2v) is 7.45. The lowest BCUT2D eigenvalue weighted by atomic mass is 10.3. The summed E-state index contributed by atoms with van der Waals surface area (Å²) >= 11 is 8.44. The van der Waals surface area contributed by atoms with Crippen LogP contribution >= 0.6 is 28.1 Å². The highest BCUT2D eigenvalue weighted by atomic mass is 79.9. The van der Waals surface area contributed by atoms with Crippen molar-refractivity contribution in [3.63, 3.8) is 0 Å². The zero-order valence-electron chi connectivity index (χ0n) is 9.94.